The van der Waals surface area contributed by atoms with Gasteiger partial charge in [-0.3, -0.25) is 4.98 Å². The van der Waals surface area contributed by atoms with Crippen LogP contribution >= 0.6 is 0 Å². The summed E-state index contributed by atoms with van der Waals surface area (Å²) in [6.45, 7) is 1.66. The number of nitrogen functional groups attached to an aromatic ring is 1. The van der Waals surface area contributed by atoms with Crippen molar-refractivity contribution < 1.29 is 18.3 Å². The highest BCUT2D eigenvalue weighted by molar-refractivity contribution is 5.92. The monoisotopic (exact) mass is 245 g/mol. The first-order valence-electron chi connectivity index (χ1n) is 4.95. The van der Waals surface area contributed by atoms with Crippen molar-refractivity contribution in [1.82, 2.24) is 4.98 Å². The Morgan fingerprint density at radius 1 is 1.59 bits per heavy atom. The highest BCUT2D eigenvalue weighted by atomic mass is 19.3. The Kier molecular flexibility index (Phi) is 4.33. The SMILES string of the molecule is CCOC(=O)c1cnc(C(F)F)c(N)c1CN. The van der Waals surface area contributed by atoms with Gasteiger partial charge >= 0.3 is 5.97 Å². The van der Waals surface area contributed by atoms with Gasteiger partial charge in [0.25, 0.3) is 6.43 Å². The molecule has 1 aromatic heterocycles. The Hall–Kier alpha value is -1.76. The van der Waals surface area contributed by atoms with Crippen LogP contribution in [0.3, 0.4) is 0 Å². The molecule has 0 aliphatic heterocycles. The molecule has 0 aromatic carbocycles. The third-order valence-corrected chi connectivity index (χ3v) is 2.17. The Balaban J connectivity index is 3.25. The van der Waals surface area contributed by atoms with Gasteiger partial charge in [0.05, 0.1) is 17.9 Å². The topological polar surface area (TPSA) is 91.2 Å². The molecule has 0 aliphatic carbocycles. The molecule has 1 rings (SSSR count). The van der Waals surface area contributed by atoms with Gasteiger partial charge in [0.2, 0.25) is 0 Å². The van der Waals surface area contributed by atoms with Crippen molar-refractivity contribution in [3.05, 3.63) is 23.0 Å². The summed E-state index contributed by atoms with van der Waals surface area (Å²) in [4.78, 5) is 15.0. The fourth-order valence-electron chi connectivity index (χ4n) is 1.36. The van der Waals surface area contributed by atoms with Gasteiger partial charge in [-0.2, -0.15) is 0 Å². The molecule has 0 atom stereocenters. The van der Waals surface area contributed by atoms with E-state index in [9.17, 15) is 13.6 Å². The summed E-state index contributed by atoms with van der Waals surface area (Å²) in [7, 11) is 0. The van der Waals surface area contributed by atoms with E-state index in [4.69, 9.17) is 16.2 Å². The first kappa shape index (κ1) is 13.3. The normalized spacial score (nSPS) is 10.6. The molecule has 0 amide bonds. The summed E-state index contributed by atoms with van der Waals surface area (Å²) in [6, 6.07) is 0. The fourth-order valence-corrected chi connectivity index (χ4v) is 1.36. The summed E-state index contributed by atoms with van der Waals surface area (Å²) in [5, 5.41) is 0. The molecule has 94 valence electrons. The Morgan fingerprint density at radius 3 is 2.71 bits per heavy atom. The molecule has 5 nitrogen and oxygen atoms in total. The zero-order valence-electron chi connectivity index (χ0n) is 9.24. The van der Waals surface area contributed by atoms with Gasteiger partial charge in [-0.25, -0.2) is 13.6 Å². The number of aromatic nitrogens is 1. The smallest absolute Gasteiger partial charge is 0.340 e. The molecule has 4 N–H and O–H groups in total. The third-order valence-electron chi connectivity index (χ3n) is 2.17. The Morgan fingerprint density at radius 2 is 2.24 bits per heavy atom. The van der Waals surface area contributed by atoms with Crippen molar-refractivity contribution in [2.24, 2.45) is 5.73 Å². The summed E-state index contributed by atoms with van der Waals surface area (Å²) in [5.74, 6) is -0.673. The second-order valence-corrected chi connectivity index (χ2v) is 3.17. The van der Waals surface area contributed by atoms with Crippen molar-refractivity contribution in [3.8, 4) is 0 Å². The number of halogens is 2. The number of hydrogen-bond donors (Lipinski definition) is 2. The number of nitrogens with zero attached hydrogens (tertiary/aromatic N) is 1. The van der Waals surface area contributed by atoms with Crippen LogP contribution in [0.15, 0.2) is 6.20 Å². The van der Waals surface area contributed by atoms with E-state index in [0.29, 0.717) is 0 Å². The number of alkyl halides is 2. The van der Waals surface area contributed by atoms with E-state index in [1.807, 2.05) is 0 Å². The van der Waals surface area contributed by atoms with Gasteiger partial charge in [-0.05, 0) is 6.92 Å². The first-order valence-corrected chi connectivity index (χ1v) is 4.95. The van der Waals surface area contributed by atoms with Gasteiger partial charge in [0, 0.05) is 18.3 Å². The lowest BCUT2D eigenvalue weighted by atomic mass is 10.1. The lowest BCUT2D eigenvalue weighted by Crippen LogP contribution is -2.15. The van der Waals surface area contributed by atoms with Crippen molar-refractivity contribution in [2.45, 2.75) is 19.9 Å². The number of rotatable bonds is 4. The molecule has 0 spiro atoms. The molecule has 0 fully saturated rings. The highest BCUT2D eigenvalue weighted by Gasteiger charge is 2.21. The highest BCUT2D eigenvalue weighted by Crippen LogP contribution is 2.27. The van der Waals surface area contributed by atoms with E-state index in [0.717, 1.165) is 6.20 Å². The number of pyridine rings is 1. The number of hydrogen-bond acceptors (Lipinski definition) is 5. The van der Waals surface area contributed by atoms with Crippen LogP contribution in [0.1, 0.15) is 35.0 Å². The van der Waals surface area contributed by atoms with Crippen LogP contribution in [0, 0.1) is 0 Å². The molecular formula is C10H13F2N3O2. The number of carbonyl (C=O) groups excluding carboxylic acids is 1. The molecule has 7 heteroatoms. The molecule has 0 bridgehead atoms. The average Bonchev–Trinajstić information content (AvgIpc) is 2.28. The number of anilines is 1. The minimum atomic E-state index is -2.81. The summed E-state index contributed by atoms with van der Waals surface area (Å²) in [5.41, 5.74) is 10.2. The predicted molar refractivity (Wildman–Crippen MR) is 57.5 cm³/mol. The maximum Gasteiger partial charge on any atom is 0.340 e. The van der Waals surface area contributed by atoms with E-state index in [2.05, 4.69) is 4.98 Å². The number of nitrogens with two attached hydrogens (primary N) is 2. The molecule has 0 radical (unpaired) electrons. The van der Waals surface area contributed by atoms with Crippen molar-refractivity contribution in [2.75, 3.05) is 12.3 Å². The Bertz CT molecular complexity index is 424. The van der Waals surface area contributed by atoms with E-state index in [1.54, 1.807) is 6.92 Å². The standard InChI is InChI=1S/C10H13F2N3O2/c1-2-17-10(16)6-4-15-8(9(11)12)7(14)5(6)3-13/h4,9H,2-3,13-14H2,1H3. The van der Waals surface area contributed by atoms with Crippen LogP contribution in [0.4, 0.5) is 14.5 Å². The van der Waals surface area contributed by atoms with Crippen molar-refractivity contribution in [1.29, 1.82) is 0 Å². The summed E-state index contributed by atoms with van der Waals surface area (Å²) in [6.07, 6.45) is -1.80. The van der Waals surface area contributed by atoms with E-state index in [-0.39, 0.29) is 30.0 Å². The third kappa shape index (κ3) is 2.68. The van der Waals surface area contributed by atoms with Gasteiger partial charge in [-0.15, -0.1) is 0 Å². The van der Waals surface area contributed by atoms with Gasteiger partial charge < -0.3 is 16.2 Å². The second kappa shape index (κ2) is 5.53. The van der Waals surface area contributed by atoms with E-state index < -0.39 is 18.1 Å². The molecule has 1 heterocycles. The molecule has 0 unspecified atom stereocenters. The number of esters is 1. The van der Waals surface area contributed by atoms with Crippen LogP contribution in [0.25, 0.3) is 0 Å². The Labute approximate surface area is 96.8 Å². The average molecular weight is 245 g/mol. The molecule has 1 aromatic rings. The quantitative estimate of drug-likeness (QED) is 0.778. The maximum atomic E-state index is 12.5. The van der Waals surface area contributed by atoms with Crippen LogP contribution in [-0.2, 0) is 11.3 Å². The van der Waals surface area contributed by atoms with Crippen LogP contribution < -0.4 is 11.5 Å². The maximum absolute atomic E-state index is 12.5. The molecule has 0 saturated carbocycles. The fraction of sp³-hybridized carbons (Fsp3) is 0.400. The summed E-state index contributed by atoms with van der Waals surface area (Å²) < 4.78 is 29.8. The molecular weight excluding hydrogens is 232 g/mol. The van der Waals surface area contributed by atoms with Crippen LogP contribution in [-0.4, -0.2) is 17.6 Å². The number of ether oxygens (including phenoxy) is 1. The van der Waals surface area contributed by atoms with E-state index >= 15 is 0 Å². The van der Waals surface area contributed by atoms with Crippen molar-refractivity contribution >= 4 is 11.7 Å². The zero-order valence-corrected chi connectivity index (χ0v) is 9.24. The van der Waals surface area contributed by atoms with Gasteiger partial charge in [-0.1, -0.05) is 0 Å². The lowest BCUT2D eigenvalue weighted by Gasteiger charge is -2.12. The van der Waals surface area contributed by atoms with Crippen molar-refractivity contribution in [3.63, 3.8) is 0 Å². The van der Waals surface area contributed by atoms with Gasteiger partial charge in [0.1, 0.15) is 5.69 Å². The largest absolute Gasteiger partial charge is 0.462 e. The minimum Gasteiger partial charge on any atom is -0.462 e. The number of carbonyl (C=O) groups is 1. The van der Waals surface area contributed by atoms with Crippen LogP contribution in [0.2, 0.25) is 0 Å². The molecule has 0 saturated heterocycles. The van der Waals surface area contributed by atoms with Gasteiger partial charge in [0.15, 0.2) is 0 Å². The summed E-state index contributed by atoms with van der Waals surface area (Å²) >= 11 is 0. The predicted octanol–water partition coefficient (Wildman–Crippen LogP) is 1.24. The molecule has 17 heavy (non-hydrogen) atoms. The first-order chi connectivity index (χ1) is 8.02. The zero-order chi connectivity index (χ0) is 13.0. The molecule has 0 aliphatic rings. The lowest BCUT2D eigenvalue weighted by molar-refractivity contribution is 0.0524. The van der Waals surface area contributed by atoms with Crippen LogP contribution in [0.5, 0.6) is 0 Å². The minimum absolute atomic E-state index is 0.0243. The second-order valence-electron chi connectivity index (χ2n) is 3.17. The van der Waals surface area contributed by atoms with E-state index in [1.165, 1.54) is 0 Å².